The number of amides is 1. The third kappa shape index (κ3) is 3.33. The van der Waals surface area contributed by atoms with Crippen molar-refractivity contribution in [3.05, 3.63) is 36.1 Å². The maximum absolute atomic E-state index is 12.1. The molecule has 0 radical (unpaired) electrons. The second-order valence-corrected chi connectivity index (χ2v) is 4.41. The zero-order valence-electron chi connectivity index (χ0n) is 12.3. The third-order valence-corrected chi connectivity index (χ3v) is 2.98. The molecule has 0 aliphatic carbocycles. The maximum Gasteiger partial charge on any atom is 0.415 e. The highest BCUT2D eigenvalue weighted by Gasteiger charge is 2.41. The van der Waals surface area contributed by atoms with Gasteiger partial charge in [0.15, 0.2) is 5.54 Å². The Labute approximate surface area is 128 Å². The number of carbonyl (C=O) groups excluding carboxylic acids is 2. The van der Waals surface area contributed by atoms with Crippen LogP contribution < -0.4 is 0 Å². The summed E-state index contributed by atoms with van der Waals surface area (Å²) in [6, 6.07) is 3.86. The summed E-state index contributed by atoms with van der Waals surface area (Å²) in [5, 5.41) is 18.5. The molecule has 0 aromatic carbocycles. The van der Waals surface area contributed by atoms with Crippen molar-refractivity contribution in [1.82, 2.24) is 4.90 Å². The molecule has 0 N–H and O–H groups in total. The van der Waals surface area contributed by atoms with Crippen LogP contribution in [0.15, 0.2) is 36.1 Å². The van der Waals surface area contributed by atoms with Gasteiger partial charge in [-0.15, -0.1) is 0 Å². The van der Waals surface area contributed by atoms with Crippen LogP contribution in [0.1, 0.15) is 13.3 Å². The first-order valence-electron chi connectivity index (χ1n) is 6.38. The highest BCUT2D eigenvalue weighted by molar-refractivity contribution is 5.88. The summed E-state index contributed by atoms with van der Waals surface area (Å²) in [7, 11) is 1.19. The van der Waals surface area contributed by atoms with Crippen molar-refractivity contribution >= 4 is 12.1 Å². The zero-order chi connectivity index (χ0) is 16.8. The van der Waals surface area contributed by atoms with Crippen LogP contribution in [0, 0.1) is 22.7 Å². The summed E-state index contributed by atoms with van der Waals surface area (Å²) in [5.74, 6) is -0.679. The van der Waals surface area contributed by atoms with Gasteiger partial charge in [0, 0.05) is 18.2 Å². The molecule has 0 saturated heterocycles. The average molecular weight is 301 g/mol. The predicted octanol–water partition coefficient (Wildman–Crippen LogP) is 1.80. The Hall–Kier alpha value is -3.06. The van der Waals surface area contributed by atoms with Crippen LogP contribution in [0.3, 0.4) is 0 Å². The quantitative estimate of drug-likeness (QED) is 0.579. The highest BCUT2D eigenvalue weighted by atomic mass is 16.6. The molecular formula is C15H15N3O4. The minimum atomic E-state index is -1.50. The van der Waals surface area contributed by atoms with E-state index in [0.717, 1.165) is 4.90 Å². The van der Waals surface area contributed by atoms with E-state index in [9.17, 15) is 14.9 Å². The molecule has 0 bridgehead atoms. The van der Waals surface area contributed by atoms with Gasteiger partial charge in [-0.2, -0.15) is 10.5 Å². The van der Waals surface area contributed by atoms with Crippen molar-refractivity contribution < 1.29 is 19.1 Å². The normalized spacial score (nSPS) is 19.5. The lowest BCUT2D eigenvalue weighted by Crippen LogP contribution is -2.48. The molecule has 1 heterocycles. The van der Waals surface area contributed by atoms with Gasteiger partial charge >= 0.3 is 12.1 Å². The highest BCUT2D eigenvalue weighted by Crippen LogP contribution is 2.31. The molecule has 1 aliphatic rings. The van der Waals surface area contributed by atoms with E-state index in [0.29, 0.717) is 0 Å². The van der Waals surface area contributed by atoms with Crippen LogP contribution >= 0.6 is 0 Å². The van der Waals surface area contributed by atoms with Gasteiger partial charge in [0.2, 0.25) is 0 Å². The van der Waals surface area contributed by atoms with E-state index in [-0.39, 0.29) is 24.2 Å². The largest absolute Gasteiger partial charge is 0.466 e. The van der Waals surface area contributed by atoms with Crippen molar-refractivity contribution in [2.75, 3.05) is 13.7 Å². The molecule has 7 heteroatoms. The molecule has 1 aliphatic heterocycles. The van der Waals surface area contributed by atoms with E-state index >= 15 is 0 Å². The number of nitrogens with zero attached hydrogens (tertiary/aromatic N) is 3. The van der Waals surface area contributed by atoms with Gasteiger partial charge < -0.3 is 9.47 Å². The van der Waals surface area contributed by atoms with E-state index in [4.69, 9.17) is 10.00 Å². The smallest absolute Gasteiger partial charge is 0.415 e. The van der Waals surface area contributed by atoms with Crippen molar-refractivity contribution in [3.8, 4) is 12.1 Å². The van der Waals surface area contributed by atoms with Gasteiger partial charge in [-0.05, 0) is 19.1 Å². The minimum Gasteiger partial charge on any atom is -0.466 e. The van der Waals surface area contributed by atoms with Gasteiger partial charge in [-0.25, -0.2) is 9.59 Å². The Morgan fingerprint density at radius 1 is 1.45 bits per heavy atom. The molecule has 22 heavy (non-hydrogen) atoms. The van der Waals surface area contributed by atoms with Gasteiger partial charge in [-0.1, -0.05) is 6.58 Å². The lowest BCUT2D eigenvalue weighted by Gasteiger charge is -2.35. The van der Waals surface area contributed by atoms with Gasteiger partial charge in [0.1, 0.15) is 6.07 Å². The fourth-order valence-electron chi connectivity index (χ4n) is 1.90. The van der Waals surface area contributed by atoms with Crippen molar-refractivity contribution in [1.29, 1.82) is 10.5 Å². The van der Waals surface area contributed by atoms with Crippen molar-refractivity contribution in [3.63, 3.8) is 0 Å². The summed E-state index contributed by atoms with van der Waals surface area (Å²) >= 11 is 0. The van der Waals surface area contributed by atoms with Crippen LogP contribution in [0.25, 0.3) is 0 Å². The fourth-order valence-corrected chi connectivity index (χ4v) is 1.90. The number of esters is 1. The lowest BCUT2D eigenvalue weighted by molar-refractivity contribution is -0.136. The number of rotatable bonds is 4. The number of allylic oxidation sites excluding steroid dienone is 2. The molecule has 0 saturated carbocycles. The number of carbonyl (C=O) groups is 2. The monoisotopic (exact) mass is 301 g/mol. The molecule has 0 spiro atoms. The van der Waals surface area contributed by atoms with Crippen LogP contribution in [-0.4, -0.2) is 36.2 Å². The number of hydrogen-bond donors (Lipinski definition) is 0. The maximum atomic E-state index is 12.1. The van der Waals surface area contributed by atoms with Gasteiger partial charge in [0.05, 0.1) is 25.4 Å². The number of hydrogen-bond acceptors (Lipinski definition) is 6. The molecular weight excluding hydrogens is 286 g/mol. The van der Waals surface area contributed by atoms with Crippen molar-refractivity contribution in [2.24, 2.45) is 0 Å². The van der Waals surface area contributed by atoms with Crippen LogP contribution in [0.2, 0.25) is 0 Å². The van der Waals surface area contributed by atoms with Crippen LogP contribution in [-0.2, 0) is 14.3 Å². The van der Waals surface area contributed by atoms with E-state index in [2.05, 4.69) is 11.3 Å². The van der Waals surface area contributed by atoms with E-state index in [1.54, 1.807) is 6.92 Å². The molecule has 0 aromatic heterocycles. The number of ether oxygens (including phenoxy) is 2. The molecule has 114 valence electrons. The Balaban J connectivity index is 3.22. The predicted molar refractivity (Wildman–Crippen MR) is 75.8 cm³/mol. The molecule has 1 unspecified atom stereocenters. The summed E-state index contributed by atoms with van der Waals surface area (Å²) in [6.07, 6.45) is 3.03. The molecule has 7 nitrogen and oxygen atoms in total. The van der Waals surface area contributed by atoms with Crippen LogP contribution in [0.5, 0.6) is 0 Å². The Kier molecular flexibility index (Phi) is 5.48. The first-order chi connectivity index (χ1) is 10.4. The number of nitriles is 2. The number of methoxy groups -OCH3 is 1. The van der Waals surface area contributed by atoms with Gasteiger partial charge in [0.25, 0.3) is 0 Å². The Bertz CT molecular complexity index is 636. The molecule has 1 amide bonds. The zero-order valence-corrected chi connectivity index (χ0v) is 12.3. The van der Waals surface area contributed by atoms with Gasteiger partial charge in [-0.3, -0.25) is 4.90 Å². The molecule has 1 rings (SSSR count). The molecule has 0 fully saturated rings. The SMILES string of the molecule is C=C(CC1(C#N)C=CC(C#N)=CN1C(=O)OCC)C(=O)OC. The topological polar surface area (TPSA) is 103 Å². The molecule has 1 atom stereocenters. The summed E-state index contributed by atoms with van der Waals surface area (Å²) < 4.78 is 9.46. The van der Waals surface area contributed by atoms with E-state index in [1.807, 2.05) is 12.1 Å². The van der Waals surface area contributed by atoms with Crippen LogP contribution in [0.4, 0.5) is 4.79 Å². The second kappa shape index (κ2) is 7.09. The summed E-state index contributed by atoms with van der Waals surface area (Å²) in [5.41, 5.74) is -1.29. The minimum absolute atomic E-state index is 0.0248. The third-order valence-electron chi connectivity index (χ3n) is 2.98. The Morgan fingerprint density at radius 3 is 2.64 bits per heavy atom. The second-order valence-electron chi connectivity index (χ2n) is 4.41. The summed E-state index contributed by atoms with van der Waals surface area (Å²) in [6.45, 7) is 5.29. The fraction of sp³-hybridized carbons (Fsp3) is 0.333. The average Bonchev–Trinajstić information content (AvgIpc) is 2.54. The standard InChI is InChI=1S/C15H15N3O4/c1-4-22-14(20)18-9-12(8-16)5-6-15(18,10-17)7-11(2)13(19)21-3/h5-6,9H,2,4,7H2,1,3H3. The van der Waals surface area contributed by atoms with Crippen molar-refractivity contribution in [2.45, 2.75) is 18.9 Å². The summed E-state index contributed by atoms with van der Waals surface area (Å²) in [4.78, 5) is 24.6. The van der Waals surface area contributed by atoms with E-state index in [1.165, 1.54) is 25.5 Å². The first-order valence-corrected chi connectivity index (χ1v) is 6.38. The lowest BCUT2D eigenvalue weighted by atomic mass is 9.88. The first kappa shape index (κ1) is 17.0. The Morgan fingerprint density at radius 2 is 2.14 bits per heavy atom. The van der Waals surface area contributed by atoms with E-state index < -0.39 is 17.6 Å². The molecule has 0 aromatic rings.